The third-order valence-electron chi connectivity index (χ3n) is 2.28. The van der Waals surface area contributed by atoms with Crippen LogP contribution in [-0.2, 0) is 15.8 Å². The Morgan fingerprint density at radius 3 is 2.84 bits per heavy atom. The lowest BCUT2D eigenvalue weighted by Gasteiger charge is -2.05. The summed E-state index contributed by atoms with van der Waals surface area (Å²) < 4.78 is 36.9. The quantitative estimate of drug-likeness (QED) is 0.781. The molecule has 0 aromatic heterocycles. The Balaban J connectivity index is 2.32. The molecule has 0 amide bonds. The topological polar surface area (TPSA) is 70.0 Å². The zero-order valence-electron chi connectivity index (χ0n) is 10.5. The SMILES string of the molecule is CS(=O)(=O)NCCCSCc1ccc(F)cc1C#N. The standard InChI is InChI=1S/C12H15FN2O2S2/c1-19(16,17)15-5-2-6-18-9-10-3-4-12(13)7-11(10)8-14/h3-4,7,15H,2,5-6,9H2,1H3. The number of benzene rings is 1. The minimum absolute atomic E-state index is 0.349. The highest BCUT2D eigenvalue weighted by molar-refractivity contribution is 7.98. The van der Waals surface area contributed by atoms with Crippen molar-refractivity contribution in [1.29, 1.82) is 5.26 Å². The van der Waals surface area contributed by atoms with E-state index < -0.39 is 15.8 Å². The Hall–Kier alpha value is -1.10. The highest BCUT2D eigenvalue weighted by Gasteiger charge is 2.04. The number of nitriles is 1. The van der Waals surface area contributed by atoms with Gasteiger partial charge in [0, 0.05) is 12.3 Å². The van der Waals surface area contributed by atoms with Crippen molar-refractivity contribution in [2.45, 2.75) is 12.2 Å². The zero-order chi connectivity index (χ0) is 14.3. The summed E-state index contributed by atoms with van der Waals surface area (Å²) in [7, 11) is -3.12. The van der Waals surface area contributed by atoms with Crippen LogP contribution in [0.5, 0.6) is 0 Å². The Morgan fingerprint density at radius 1 is 1.47 bits per heavy atom. The van der Waals surface area contributed by atoms with Crippen LogP contribution in [0.25, 0.3) is 0 Å². The average Bonchev–Trinajstić information content (AvgIpc) is 2.33. The predicted octanol–water partition coefficient (Wildman–Crippen LogP) is 1.87. The van der Waals surface area contributed by atoms with Crippen molar-refractivity contribution in [3.05, 3.63) is 35.1 Å². The minimum Gasteiger partial charge on any atom is -0.215 e. The van der Waals surface area contributed by atoms with Crippen molar-refractivity contribution in [3.8, 4) is 6.07 Å². The van der Waals surface area contributed by atoms with Crippen LogP contribution in [0, 0.1) is 17.1 Å². The van der Waals surface area contributed by atoms with Crippen LogP contribution < -0.4 is 4.72 Å². The summed E-state index contributed by atoms with van der Waals surface area (Å²) in [4.78, 5) is 0. The monoisotopic (exact) mass is 302 g/mol. The molecule has 0 spiro atoms. The fourth-order valence-corrected chi connectivity index (χ4v) is 2.87. The van der Waals surface area contributed by atoms with E-state index in [9.17, 15) is 12.8 Å². The van der Waals surface area contributed by atoms with Crippen LogP contribution in [0.4, 0.5) is 4.39 Å². The van der Waals surface area contributed by atoms with Gasteiger partial charge in [-0.3, -0.25) is 0 Å². The van der Waals surface area contributed by atoms with Gasteiger partial charge in [-0.2, -0.15) is 17.0 Å². The Kier molecular flexibility index (Phi) is 6.28. The van der Waals surface area contributed by atoms with Gasteiger partial charge in [-0.1, -0.05) is 6.07 Å². The molecule has 0 aliphatic carbocycles. The summed E-state index contributed by atoms with van der Waals surface area (Å²) >= 11 is 1.58. The number of halogens is 1. The number of sulfonamides is 1. The van der Waals surface area contributed by atoms with Crippen LogP contribution in [0.2, 0.25) is 0 Å². The van der Waals surface area contributed by atoms with Crippen LogP contribution in [0.3, 0.4) is 0 Å². The number of hydrogen-bond donors (Lipinski definition) is 1. The molecule has 0 saturated carbocycles. The summed E-state index contributed by atoms with van der Waals surface area (Å²) in [6, 6.07) is 6.13. The van der Waals surface area contributed by atoms with Crippen LogP contribution in [-0.4, -0.2) is 27.0 Å². The first-order valence-electron chi connectivity index (χ1n) is 5.63. The first-order valence-corrected chi connectivity index (χ1v) is 8.68. The van der Waals surface area contributed by atoms with Gasteiger partial charge < -0.3 is 0 Å². The molecule has 1 aromatic carbocycles. The van der Waals surface area contributed by atoms with Crippen molar-refractivity contribution in [1.82, 2.24) is 4.72 Å². The van der Waals surface area contributed by atoms with Gasteiger partial charge >= 0.3 is 0 Å². The molecule has 7 heteroatoms. The van der Waals surface area contributed by atoms with Crippen molar-refractivity contribution < 1.29 is 12.8 Å². The van der Waals surface area contributed by atoms with E-state index in [1.165, 1.54) is 12.1 Å². The van der Waals surface area contributed by atoms with Crippen molar-refractivity contribution in [2.75, 3.05) is 18.6 Å². The second kappa shape index (κ2) is 7.48. The Labute approximate surface area is 117 Å². The van der Waals surface area contributed by atoms with E-state index in [4.69, 9.17) is 5.26 Å². The van der Waals surface area contributed by atoms with E-state index in [1.807, 2.05) is 6.07 Å². The number of hydrogen-bond acceptors (Lipinski definition) is 4. The molecule has 0 unspecified atom stereocenters. The molecule has 0 atom stereocenters. The number of thioether (sulfide) groups is 1. The number of nitrogens with zero attached hydrogens (tertiary/aromatic N) is 1. The van der Waals surface area contributed by atoms with Gasteiger partial charge in [-0.05, 0) is 29.9 Å². The first kappa shape index (κ1) is 16.0. The summed E-state index contributed by atoms with van der Waals surface area (Å²) in [5.74, 6) is 0.968. The normalized spacial score (nSPS) is 11.2. The molecule has 0 radical (unpaired) electrons. The van der Waals surface area contributed by atoms with Crippen molar-refractivity contribution in [3.63, 3.8) is 0 Å². The lowest BCUT2D eigenvalue weighted by atomic mass is 10.1. The highest BCUT2D eigenvalue weighted by Crippen LogP contribution is 2.17. The molecular formula is C12H15FN2O2S2. The Bertz CT molecular complexity index is 568. The number of nitrogens with one attached hydrogen (secondary N) is 1. The zero-order valence-corrected chi connectivity index (χ0v) is 12.2. The maximum atomic E-state index is 12.9. The third-order valence-corrected chi connectivity index (χ3v) is 4.10. The molecule has 0 saturated heterocycles. The molecular weight excluding hydrogens is 287 g/mol. The van der Waals surface area contributed by atoms with E-state index in [2.05, 4.69) is 4.72 Å². The molecule has 1 aromatic rings. The summed E-state index contributed by atoms with van der Waals surface area (Å²) in [5, 5.41) is 8.87. The van der Waals surface area contributed by atoms with E-state index in [0.717, 1.165) is 17.6 Å². The second-order valence-corrected chi connectivity index (χ2v) is 6.92. The van der Waals surface area contributed by atoms with Crippen LogP contribution in [0.1, 0.15) is 17.5 Å². The summed E-state index contributed by atoms with van der Waals surface area (Å²) in [6.45, 7) is 0.403. The largest absolute Gasteiger partial charge is 0.215 e. The molecule has 1 rings (SSSR count). The van der Waals surface area contributed by atoms with Gasteiger partial charge in [0.05, 0.1) is 17.9 Å². The van der Waals surface area contributed by atoms with E-state index in [0.29, 0.717) is 24.3 Å². The van der Waals surface area contributed by atoms with Gasteiger partial charge in [0.1, 0.15) is 5.82 Å². The van der Waals surface area contributed by atoms with Crippen molar-refractivity contribution >= 4 is 21.8 Å². The molecule has 0 fully saturated rings. The summed E-state index contributed by atoms with van der Waals surface area (Å²) in [5.41, 5.74) is 1.15. The number of rotatable bonds is 7. The lowest BCUT2D eigenvalue weighted by Crippen LogP contribution is -2.23. The average molecular weight is 302 g/mol. The molecule has 0 aliphatic heterocycles. The van der Waals surface area contributed by atoms with Gasteiger partial charge in [0.25, 0.3) is 0 Å². The van der Waals surface area contributed by atoms with Gasteiger partial charge in [-0.15, -0.1) is 0 Å². The molecule has 19 heavy (non-hydrogen) atoms. The molecule has 4 nitrogen and oxygen atoms in total. The third kappa shape index (κ3) is 6.57. The fraction of sp³-hybridized carbons (Fsp3) is 0.417. The van der Waals surface area contributed by atoms with Crippen LogP contribution in [0.15, 0.2) is 18.2 Å². The van der Waals surface area contributed by atoms with E-state index >= 15 is 0 Å². The smallest absolute Gasteiger partial charge is 0.208 e. The molecule has 0 aliphatic rings. The molecule has 0 heterocycles. The maximum absolute atomic E-state index is 12.9. The highest BCUT2D eigenvalue weighted by atomic mass is 32.2. The molecule has 104 valence electrons. The first-order chi connectivity index (χ1) is 8.92. The predicted molar refractivity (Wildman–Crippen MR) is 74.7 cm³/mol. The van der Waals surface area contributed by atoms with Gasteiger partial charge in [0.2, 0.25) is 10.0 Å². The molecule has 0 bridgehead atoms. The maximum Gasteiger partial charge on any atom is 0.208 e. The minimum atomic E-state index is -3.12. The van der Waals surface area contributed by atoms with E-state index in [-0.39, 0.29) is 0 Å². The van der Waals surface area contributed by atoms with Crippen molar-refractivity contribution in [2.24, 2.45) is 0 Å². The summed E-state index contributed by atoms with van der Waals surface area (Å²) in [6.07, 6.45) is 1.83. The van der Waals surface area contributed by atoms with Gasteiger partial charge in [-0.25, -0.2) is 17.5 Å². The second-order valence-electron chi connectivity index (χ2n) is 3.99. The van der Waals surface area contributed by atoms with Gasteiger partial charge in [0.15, 0.2) is 0 Å². The fourth-order valence-electron chi connectivity index (χ4n) is 1.39. The Morgan fingerprint density at radius 2 is 2.21 bits per heavy atom. The van der Waals surface area contributed by atoms with E-state index in [1.54, 1.807) is 17.8 Å². The van der Waals surface area contributed by atoms with Crippen LogP contribution >= 0.6 is 11.8 Å². The molecule has 1 N–H and O–H groups in total. The lowest BCUT2D eigenvalue weighted by molar-refractivity contribution is 0.587.